The molecule has 1 amide bonds. The predicted molar refractivity (Wildman–Crippen MR) is 109 cm³/mol. The summed E-state index contributed by atoms with van der Waals surface area (Å²) in [6.07, 6.45) is 0. The summed E-state index contributed by atoms with van der Waals surface area (Å²) in [6.45, 7) is 0.145. The molecule has 3 aromatic carbocycles. The van der Waals surface area contributed by atoms with Gasteiger partial charge in [0.1, 0.15) is 17.3 Å². The molecular formula is C24H18FNO4. The predicted octanol–water partition coefficient (Wildman–Crippen LogP) is 4.15. The second kappa shape index (κ2) is 7.83. The average Bonchev–Trinajstić information content (AvgIpc) is 2.99. The van der Waals surface area contributed by atoms with E-state index in [-0.39, 0.29) is 23.4 Å². The van der Waals surface area contributed by atoms with Gasteiger partial charge in [0.2, 0.25) is 0 Å². The molecule has 0 radical (unpaired) electrons. The van der Waals surface area contributed by atoms with E-state index < -0.39 is 29.3 Å². The molecule has 1 saturated heterocycles. The van der Waals surface area contributed by atoms with Crippen LogP contribution in [0, 0.1) is 5.82 Å². The number of halogens is 1. The number of nitrogens with zero attached hydrogens (tertiary/aromatic N) is 1. The smallest absolute Gasteiger partial charge is 0.295 e. The molecule has 1 atom stereocenters. The number of amides is 1. The highest BCUT2D eigenvalue weighted by Crippen LogP contribution is 2.40. The third-order valence-corrected chi connectivity index (χ3v) is 5.04. The van der Waals surface area contributed by atoms with Crippen molar-refractivity contribution >= 4 is 17.4 Å². The molecule has 150 valence electrons. The Labute approximate surface area is 172 Å². The number of aliphatic hydroxyl groups is 1. The van der Waals surface area contributed by atoms with Crippen LogP contribution in [0.1, 0.15) is 22.7 Å². The highest BCUT2D eigenvalue weighted by Gasteiger charge is 2.46. The van der Waals surface area contributed by atoms with Gasteiger partial charge in [0.25, 0.3) is 11.7 Å². The number of benzene rings is 3. The Morgan fingerprint density at radius 1 is 0.933 bits per heavy atom. The first-order valence-corrected chi connectivity index (χ1v) is 9.33. The maximum absolute atomic E-state index is 13.3. The van der Waals surface area contributed by atoms with Gasteiger partial charge in [-0.15, -0.1) is 0 Å². The molecule has 5 nitrogen and oxygen atoms in total. The molecule has 1 fully saturated rings. The van der Waals surface area contributed by atoms with Crippen molar-refractivity contribution in [3.8, 4) is 5.75 Å². The van der Waals surface area contributed by atoms with Gasteiger partial charge in [-0.3, -0.25) is 9.59 Å². The Hall–Kier alpha value is -3.93. The minimum Gasteiger partial charge on any atom is -0.508 e. The largest absolute Gasteiger partial charge is 0.508 e. The molecule has 1 aliphatic rings. The van der Waals surface area contributed by atoms with E-state index in [1.165, 1.54) is 41.3 Å². The molecule has 1 heterocycles. The lowest BCUT2D eigenvalue weighted by Gasteiger charge is -2.25. The van der Waals surface area contributed by atoms with E-state index in [2.05, 4.69) is 0 Å². The zero-order chi connectivity index (χ0) is 21.3. The molecule has 3 aromatic rings. The van der Waals surface area contributed by atoms with Crippen LogP contribution in [-0.4, -0.2) is 26.8 Å². The number of likely N-dealkylation sites (tertiary alicyclic amines) is 1. The molecule has 0 bridgehead atoms. The highest BCUT2D eigenvalue weighted by molar-refractivity contribution is 6.46. The van der Waals surface area contributed by atoms with Gasteiger partial charge in [-0.05, 0) is 47.5 Å². The number of hydrogen-bond donors (Lipinski definition) is 2. The molecule has 1 aliphatic heterocycles. The Morgan fingerprint density at radius 2 is 1.63 bits per heavy atom. The minimum atomic E-state index is -0.901. The molecule has 0 aromatic heterocycles. The van der Waals surface area contributed by atoms with Crippen LogP contribution in [0.2, 0.25) is 0 Å². The lowest BCUT2D eigenvalue weighted by atomic mass is 9.95. The number of Topliss-reactive ketones (excluding diaryl/α,β-unsaturated/α-hetero) is 1. The van der Waals surface area contributed by atoms with E-state index in [9.17, 15) is 24.2 Å². The third kappa shape index (κ3) is 3.55. The second-order valence-electron chi connectivity index (χ2n) is 7.01. The van der Waals surface area contributed by atoms with Crippen molar-refractivity contribution in [2.75, 3.05) is 0 Å². The second-order valence-corrected chi connectivity index (χ2v) is 7.01. The Morgan fingerprint density at radius 3 is 2.30 bits per heavy atom. The van der Waals surface area contributed by atoms with Gasteiger partial charge >= 0.3 is 0 Å². The quantitative estimate of drug-likeness (QED) is 0.390. The maximum atomic E-state index is 13.3. The number of carbonyl (C=O) groups is 2. The number of aliphatic hydroxyl groups excluding tert-OH is 1. The number of rotatable bonds is 4. The summed E-state index contributed by atoms with van der Waals surface area (Å²) in [5, 5.41) is 20.8. The van der Waals surface area contributed by atoms with Gasteiger partial charge in [0.05, 0.1) is 11.6 Å². The van der Waals surface area contributed by atoms with Gasteiger partial charge in [-0.1, -0.05) is 42.5 Å². The van der Waals surface area contributed by atoms with Crippen molar-refractivity contribution in [3.63, 3.8) is 0 Å². The summed E-state index contributed by atoms with van der Waals surface area (Å²) in [5.74, 6) is -2.49. The summed E-state index contributed by atoms with van der Waals surface area (Å²) in [5.41, 5.74) is 1.41. The van der Waals surface area contributed by atoms with Gasteiger partial charge in [0.15, 0.2) is 0 Å². The fourth-order valence-corrected chi connectivity index (χ4v) is 3.63. The zero-order valence-electron chi connectivity index (χ0n) is 15.8. The summed E-state index contributed by atoms with van der Waals surface area (Å²) < 4.78 is 13.3. The van der Waals surface area contributed by atoms with E-state index in [4.69, 9.17) is 0 Å². The first-order chi connectivity index (χ1) is 14.5. The van der Waals surface area contributed by atoms with Crippen LogP contribution >= 0.6 is 0 Å². The SMILES string of the molecule is O=C1C(=O)N(Cc2ccccc2)C(c2cccc(O)c2)/C1=C(\O)c1ccc(F)cc1. The minimum absolute atomic E-state index is 0.0282. The molecule has 0 aliphatic carbocycles. The monoisotopic (exact) mass is 403 g/mol. The topological polar surface area (TPSA) is 77.8 Å². The number of phenols is 1. The molecule has 2 N–H and O–H groups in total. The van der Waals surface area contributed by atoms with Crippen molar-refractivity contribution in [3.05, 3.63) is 107 Å². The van der Waals surface area contributed by atoms with Crippen molar-refractivity contribution in [2.45, 2.75) is 12.6 Å². The van der Waals surface area contributed by atoms with Crippen LogP contribution in [0.15, 0.2) is 84.4 Å². The summed E-state index contributed by atoms with van der Waals surface area (Å²) in [6, 6.07) is 19.5. The molecule has 1 unspecified atom stereocenters. The third-order valence-electron chi connectivity index (χ3n) is 5.04. The average molecular weight is 403 g/mol. The fourth-order valence-electron chi connectivity index (χ4n) is 3.63. The lowest BCUT2D eigenvalue weighted by molar-refractivity contribution is -0.140. The molecule has 6 heteroatoms. The Kier molecular flexibility index (Phi) is 5.06. The van der Waals surface area contributed by atoms with Crippen LogP contribution in [-0.2, 0) is 16.1 Å². The maximum Gasteiger partial charge on any atom is 0.295 e. The summed E-state index contributed by atoms with van der Waals surface area (Å²) >= 11 is 0. The Balaban J connectivity index is 1.87. The number of hydrogen-bond acceptors (Lipinski definition) is 4. The number of ketones is 1. The first kappa shape index (κ1) is 19.4. The van der Waals surface area contributed by atoms with Crippen molar-refractivity contribution < 1.29 is 24.2 Å². The normalized spacial score (nSPS) is 18.0. The van der Waals surface area contributed by atoms with Crippen molar-refractivity contribution in [1.29, 1.82) is 0 Å². The number of carbonyl (C=O) groups excluding carboxylic acids is 2. The van der Waals surface area contributed by atoms with Crippen LogP contribution in [0.25, 0.3) is 5.76 Å². The zero-order valence-corrected chi connectivity index (χ0v) is 15.8. The van der Waals surface area contributed by atoms with Crippen LogP contribution in [0.4, 0.5) is 4.39 Å². The molecule has 0 saturated carbocycles. The van der Waals surface area contributed by atoms with E-state index in [1.807, 2.05) is 30.3 Å². The first-order valence-electron chi connectivity index (χ1n) is 9.33. The standard InChI is InChI=1S/C24H18FNO4/c25-18-11-9-16(10-12-18)22(28)20-21(17-7-4-8-19(27)13-17)26(24(30)23(20)29)14-15-5-2-1-3-6-15/h1-13,21,27-28H,14H2/b22-20+. The van der Waals surface area contributed by atoms with Crippen LogP contribution < -0.4 is 0 Å². The van der Waals surface area contributed by atoms with Crippen LogP contribution in [0.3, 0.4) is 0 Å². The van der Waals surface area contributed by atoms with Gasteiger partial charge in [0, 0.05) is 12.1 Å². The highest BCUT2D eigenvalue weighted by atomic mass is 19.1. The van der Waals surface area contributed by atoms with Gasteiger partial charge in [-0.25, -0.2) is 4.39 Å². The van der Waals surface area contributed by atoms with Crippen molar-refractivity contribution in [2.24, 2.45) is 0 Å². The molecule has 30 heavy (non-hydrogen) atoms. The molecule has 0 spiro atoms. The van der Waals surface area contributed by atoms with Gasteiger partial charge < -0.3 is 15.1 Å². The summed E-state index contributed by atoms with van der Waals surface area (Å²) in [4.78, 5) is 27.2. The lowest BCUT2D eigenvalue weighted by Crippen LogP contribution is -2.29. The fraction of sp³-hybridized carbons (Fsp3) is 0.0833. The van der Waals surface area contributed by atoms with E-state index in [1.54, 1.807) is 12.1 Å². The van der Waals surface area contributed by atoms with Crippen LogP contribution in [0.5, 0.6) is 5.75 Å². The molecular weight excluding hydrogens is 385 g/mol. The van der Waals surface area contributed by atoms with E-state index in [0.29, 0.717) is 5.56 Å². The number of aromatic hydroxyl groups is 1. The molecule has 4 rings (SSSR count). The van der Waals surface area contributed by atoms with E-state index in [0.717, 1.165) is 5.56 Å². The summed E-state index contributed by atoms with van der Waals surface area (Å²) in [7, 11) is 0. The van der Waals surface area contributed by atoms with Crippen molar-refractivity contribution in [1.82, 2.24) is 4.90 Å². The number of phenolic OH excluding ortho intramolecular Hbond substituents is 1. The Bertz CT molecular complexity index is 1140. The van der Waals surface area contributed by atoms with E-state index >= 15 is 0 Å². The van der Waals surface area contributed by atoms with Gasteiger partial charge in [-0.2, -0.15) is 0 Å².